The molecule has 3 aliphatic rings. The monoisotopic (exact) mass is 357 g/mol. The van der Waals surface area contributed by atoms with Crippen molar-refractivity contribution in [3.63, 3.8) is 0 Å². The van der Waals surface area contributed by atoms with Crippen LogP contribution in [0.1, 0.15) is 63.4 Å². The third-order valence-corrected chi connectivity index (χ3v) is 6.27. The molecular weight excluding hydrogens is 330 g/mol. The Hall–Kier alpha value is -2.11. The molecule has 0 unspecified atom stereocenters. The van der Waals surface area contributed by atoms with Gasteiger partial charge in [0, 0.05) is 18.2 Å². The molecular formula is C20H27N3O3. The standard InChI is InChI=1S/C20H27N3O3/c1-15-13-17(23(24)25)9-10-18(15)21-19-22(16-7-3-2-4-8-16)20(14-26-19)11-5-6-12-20/h9-10,13,16H,2-8,11-12,14H2,1H3. The lowest BCUT2D eigenvalue weighted by molar-refractivity contribution is -0.384. The highest BCUT2D eigenvalue weighted by atomic mass is 16.6. The summed E-state index contributed by atoms with van der Waals surface area (Å²) in [7, 11) is 0. The lowest BCUT2D eigenvalue weighted by atomic mass is 9.89. The second kappa shape index (κ2) is 6.89. The summed E-state index contributed by atoms with van der Waals surface area (Å²) in [6, 6.07) is 6.10. The lowest BCUT2D eigenvalue weighted by Gasteiger charge is -2.41. The van der Waals surface area contributed by atoms with Crippen LogP contribution in [0.25, 0.3) is 0 Å². The van der Waals surface area contributed by atoms with Gasteiger partial charge in [0.15, 0.2) is 0 Å². The van der Waals surface area contributed by atoms with Crippen molar-refractivity contribution in [2.45, 2.75) is 76.3 Å². The number of nitro groups is 1. The van der Waals surface area contributed by atoms with Crippen molar-refractivity contribution in [2.75, 3.05) is 6.61 Å². The maximum Gasteiger partial charge on any atom is 0.293 e. The van der Waals surface area contributed by atoms with Gasteiger partial charge in [-0.15, -0.1) is 0 Å². The number of rotatable bonds is 3. The molecule has 1 aromatic rings. The highest BCUT2D eigenvalue weighted by Crippen LogP contribution is 2.44. The number of hydrogen-bond donors (Lipinski definition) is 0. The first-order valence-corrected chi connectivity index (χ1v) is 9.85. The molecule has 2 saturated carbocycles. The summed E-state index contributed by atoms with van der Waals surface area (Å²) in [5, 5.41) is 11.0. The van der Waals surface area contributed by atoms with Gasteiger partial charge in [-0.2, -0.15) is 4.99 Å². The Balaban J connectivity index is 1.67. The smallest absolute Gasteiger partial charge is 0.293 e. The molecule has 1 heterocycles. The van der Waals surface area contributed by atoms with Gasteiger partial charge in [0.2, 0.25) is 0 Å². The van der Waals surface area contributed by atoms with Crippen LogP contribution in [0.4, 0.5) is 11.4 Å². The fourth-order valence-corrected chi connectivity index (χ4v) is 4.91. The number of benzene rings is 1. The molecule has 3 fully saturated rings. The molecule has 6 nitrogen and oxygen atoms in total. The first-order chi connectivity index (χ1) is 12.6. The number of nitrogens with zero attached hydrogens (tertiary/aromatic N) is 3. The summed E-state index contributed by atoms with van der Waals surface area (Å²) in [6.07, 6.45) is 11.2. The summed E-state index contributed by atoms with van der Waals surface area (Å²) < 4.78 is 6.14. The van der Waals surface area contributed by atoms with Crippen LogP contribution in [0.3, 0.4) is 0 Å². The second-order valence-corrected chi connectivity index (χ2v) is 8.00. The van der Waals surface area contributed by atoms with Gasteiger partial charge in [0.25, 0.3) is 11.7 Å². The summed E-state index contributed by atoms with van der Waals surface area (Å²) >= 11 is 0. The van der Waals surface area contributed by atoms with Gasteiger partial charge in [0.05, 0.1) is 16.1 Å². The number of aryl methyl sites for hydroxylation is 1. The van der Waals surface area contributed by atoms with E-state index in [1.54, 1.807) is 12.1 Å². The van der Waals surface area contributed by atoms with E-state index >= 15 is 0 Å². The van der Waals surface area contributed by atoms with Gasteiger partial charge in [-0.3, -0.25) is 10.1 Å². The van der Waals surface area contributed by atoms with Crippen molar-refractivity contribution in [3.8, 4) is 0 Å². The summed E-state index contributed by atoms with van der Waals surface area (Å²) in [5.41, 5.74) is 1.80. The van der Waals surface area contributed by atoms with E-state index in [0.717, 1.165) is 23.9 Å². The zero-order chi connectivity index (χ0) is 18.1. The molecule has 0 bridgehead atoms. The van der Waals surface area contributed by atoms with Crippen LogP contribution in [0.15, 0.2) is 23.2 Å². The van der Waals surface area contributed by atoms with Crippen molar-refractivity contribution in [1.29, 1.82) is 0 Å². The highest BCUT2D eigenvalue weighted by molar-refractivity contribution is 5.81. The Kier molecular flexibility index (Phi) is 4.59. The van der Waals surface area contributed by atoms with E-state index in [-0.39, 0.29) is 16.1 Å². The molecule has 1 aliphatic heterocycles. The van der Waals surface area contributed by atoms with Gasteiger partial charge in [0.1, 0.15) is 6.61 Å². The van der Waals surface area contributed by atoms with E-state index in [4.69, 9.17) is 9.73 Å². The van der Waals surface area contributed by atoms with E-state index in [0.29, 0.717) is 6.04 Å². The second-order valence-electron chi connectivity index (χ2n) is 8.00. The molecule has 0 radical (unpaired) electrons. The summed E-state index contributed by atoms with van der Waals surface area (Å²) in [4.78, 5) is 17.9. The van der Waals surface area contributed by atoms with E-state index in [2.05, 4.69) is 4.90 Å². The predicted molar refractivity (Wildman–Crippen MR) is 101 cm³/mol. The molecule has 0 N–H and O–H groups in total. The molecule has 26 heavy (non-hydrogen) atoms. The molecule has 2 aliphatic carbocycles. The molecule has 140 valence electrons. The minimum Gasteiger partial charge on any atom is -0.462 e. The topological polar surface area (TPSA) is 68.0 Å². The molecule has 6 heteroatoms. The van der Waals surface area contributed by atoms with Crippen molar-refractivity contribution in [3.05, 3.63) is 33.9 Å². The van der Waals surface area contributed by atoms with Crippen LogP contribution in [0.5, 0.6) is 0 Å². The average Bonchev–Trinajstić information content (AvgIpc) is 3.25. The van der Waals surface area contributed by atoms with E-state index in [1.807, 2.05) is 6.92 Å². The zero-order valence-electron chi connectivity index (χ0n) is 15.4. The third kappa shape index (κ3) is 3.06. The van der Waals surface area contributed by atoms with Crippen molar-refractivity contribution < 1.29 is 9.66 Å². The molecule has 0 atom stereocenters. The van der Waals surface area contributed by atoms with Crippen LogP contribution >= 0.6 is 0 Å². The van der Waals surface area contributed by atoms with Crippen LogP contribution in [0.2, 0.25) is 0 Å². The Labute approximate surface area is 154 Å². The Morgan fingerprint density at radius 3 is 2.58 bits per heavy atom. The minimum atomic E-state index is -0.363. The first kappa shape index (κ1) is 17.3. The number of aliphatic imine (C=N–C) groups is 1. The largest absolute Gasteiger partial charge is 0.462 e. The summed E-state index contributed by atoms with van der Waals surface area (Å²) in [5.74, 6) is 0. The zero-order valence-corrected chi connectivity index (χ0v) is 15.4. The van der Waals surface area contributed by atoms with Crippen molar-refractivity contribution in [2.24, 2.45) is 4.99 Å². The van der Waals surface area contributed by atoms with Crippen molar-refractivity contribution >= 4 is 17.4 Å². The first-order valence-electron chi connectivity index (χ1n) is 9.85. The summed E-state index contributed by atoms with van der Waals surface area (Å²) in [6.45, 7) is 2.60. The van der Waals surface area contributed by atoms with E-state index < -0.39 is 0 Å². The fraction of sp³-hybridized carbons (Fsp3) is 0.650. The number of amidine groups is 1. The van der Waals surface area contributed by atoms with Gasteiger partial charge < -0.3 is 9.64 Å². The Bertz CT molecular complexity index is 719. The van der Waals surface area contributed by atoms with Crippen LogP contribution in [0, 0.1) is 17.0 Å². The molecule has 0 aromatic heterocycles. The van der Waals surface area contributed by atoms with Crippen LogP contribution in [-0.4, -0.2) is 34.0 Å². The number of hydrogen-bond acceptors (Lipinski definition) is 4. The maximum atomic E-state index is 11.0. The fourth-order valence-electron chi connectivity index (χ4n) is 4.91. The SMILES string of the molecule is Cc1cc([N+](=O)[O-])ccc1N=C1OCC2(CCCC2)N1C1CCCCC1. The van der Waals surface area contributed by atoms with Crippen LogP contribution in [-0.2, 0) is 4.74 Å². The predicted octanol–water partition coefficient (Wildman–Crippen LogP) is 4.87. The van der Waals surface area contributed by atoms with Gasteiger partial charge >= 0.3 is 0 Å². The Morgan fingerprint density at radius 2 is 1.92 bits per heavy atom. The van der Waals surface area contributed by atoms with Crippen molar-refractivity contribution in [1.82, 2.24) is 4.90 Å². The number of nitro benzene ring substituents is 1. The molecule has 4 rings (SSSR count). The number of ether oxygens (including phenoxy) is 1. The highest BCUT2D eigenvalue weighted by Gasteiger charge is 2.50. The molecule has 1 saturated heterocycles. The molecule has 1 spiro atoms. The molecule has 1 aromatic carbocycles. The van der Waals surface area contributed by atoms with Gasteiger partial charge in [-0.05, 0) is 44.2 Å². The maximum absolute atomic E-state index is 11.0. The van der Waals surface area contributed by atoms with E-state index in [9.17, 15) is 10.1 Å². The van der Waals surface area contributed by atoms with E-state index in [1.165, 1.54) is 63.9 Å². The Morgan fingerprint density at radius 1 is 1.19 bits per heavy atom. The molecule has 0 amide bonds. The van der Waals surface area contributed by atoms with Gasteiger partial charge in [-0.25, -0.2) is 0 Å². The number of non-ortho nitro benzene ring substituents is 1. The average molecular weight is 357 g/mol. The van der Waals surface area contributed by atoms with Gasteiger partial charge in [-0.1, -0.05) is 32.1 Å². The normalized spacial score (nSPS) is 24.3. The van der Waals surface area contributed by atoms with Crippen LogP contribution < -0.4 is 0 Å². The third-order valence-electron chi connectivity index (χ3n) is 6.27. The minimum absolute atomic E-state index is 0.107. The lowest BCUT2D eigenvalue weighted by Crippen LogP contribution is -2.51. The quantitative estimate of drug-likeness (QED) is 0.572.